The molecule has 0 aromatic heterocycles. The van der Waals surface area contributed by atoms with Gasteiger partial charge in [0.25, 0.3) is 0 Å². The second-order valence-electron chi connectivity index (χ2n) is 7.68. The number of carbonyl (C=O) groups excluding carboxylic acids is 2. The molecule has 3 rings (SSSR count). The number of nitrogens with one attached hydrogen (secondary N) is 3. The van der Waals surface area contributed by atoms with E-state index in [1.807, 2.05) is 39.0 Å². The summed E-state index contributed by atoms with van der Waals surface area (Å²) in [6.07, 6.45) is -0.423. The van der Waals surface area contributed by atoms with E-state index < -0.39 is 12.2 Å². The molecule has 2 atom stereocenters. The molecule has 0 radical (unpaired) electrons. The highest BCUT2D eigenvalue weighted by molar-refractivity contribution is 6.31. The van der Waals surface area contributed by atoms with Crippen LogP contribution in [-0.4, -0.2) is 11.8 Å². The first-order valence-electron chi connectivity index (χ1n) is 9.62. The molecule has 1 aliphatic rings. The van der Waals surface area contributed by atoms with E-state index in [-0.39, 0.29) is 30.0 Å². The molecule has 2 aromatic rings. The Balaban J connectivity index is 1.82. The number of halogens is 2. The summed E-state index contributed by atoms with van der Waals surface area (Å²) in [6, 6.07) is 9.93. The third kappa shape index (κ3) is 5.14. The maximum atomic E-state index is 14.4. The van der Waals surface area contributed by atoms with Crippen molar-refractivity contribution in [3.05, 3.63) is 69.5 Å². The highest BCUT2D eigenvalue weighted by Crippen LogP contribution is 2.31. The minimum Gasteiger partial charge on any atom is -0.352 e. The van der Waals surface area contributed by atoms with Gasteiger partial charge in [-0.05, 0) is 36.2 Å². The molecule has 7 heteroatoms. The van der Waals surface area contributed by atoms with Crippen LogP contribution in [0.1, 0.15) is 54.7 Å². The molecule has 1 saturated heterocycles. The normalized spacial score (nSPS) is 19.2. The Morgan fingerprint density at radius 2 is 2.00 bits per heavy atom. The molecule has 1 fully saturated rings. The lowest BCUT2D eigenvalue weighted by Crippen LogP contribution is -2.47. The van der Waals surface area contributed by atoms with Crippen LogP contribution in [0, 0.1) is 18.7 Å². The van der Waals surface area contributed by atoms with Gasteiger partial charge in [-0.3, -0.25) is 14.9 Å². The van der Waals surface area contributed by atoms with E-state index in [2.05, 4.69) is 16.0 Å². The molecule has 154 valence electrons. The lowest BCUT2D eigenvalue weighted by atomic mass is 9.97. The molecule has 2 amide bonds. The highest BCUT2D eigenvalue weighted by Gasteiger charge is 2.30. The fourth-order valence-electron chi connectivity index (χ4n) is 3.31. The van der Waals surface area contributed by atoms with Crippen molar-refractivity contribution in [1.29, 1.82) is 0 Å². The van der Waals surface area contributed by atoms with Crippen molar-refractivity contribution in [2.24, 2.45) is 5.92 Å². The summed E-state index contributed by atoms with van der Waals surface area (Å²) in [5.41, 5.74) is 2.81. The first kappa shape index (κ1) is 21.3. The van der Waals surface area contributed by atoms with Crippen LogP contribution < -0.4 is 16.0 Å². The van der Waals surface area contributed by atoms with Crippen LogP contribution in [0.25, 0.3) is 0 Å². The van der Waals surface area contributed by atoms with Crippen LogP contribution in [-0.2, 0) is 16.1 Å². The molecule has 0 spiro atoms. The Hall–Kier alpha value is -2.44. The van der Waals surface area contributed by atoms with Crippen LogP contribution in [0.2, 0.25) is 5.02 Å². The molecule has 1 heterocycles. The largest absolute Gasteiger partial charge is 0.352 e. The maximum Gasteiger partial charge on any atom is 0.223 e. The maximum absolute atomic E-state index is 14.4. The van der Waals surface area contributed by atoms with Gasteiger partial charge in [0.15, 0.2) is 0 Å². The van der Waals surface area contributed by atoms with E-state index >= 15 is 0 Å². The number of carbonyl (C=O) groups is 2. The highest BCUT2D eigenvalue weighted by atomic mass is 35.5. The van der Waals surface area contributed by atoms with Gasteiger partial charge in [0.2, 0.25) is 11.8 Å². The summed E-state index contributed by atoms with van der Waals surface area (Å²) in [5, 5.41) is 9.50. The first-order chi connectivity index (χ1) is 13.7. The van der Waals surface area contributed by atoms with E-state index in [1.54, 1.807) is 12.1 Å². The predicted octanol–water partition coefficient (Wildman–Crippen LogP) is 3.91. The molecule has 0 aliphatic carbocycles. The summed E-state index contributed by atoms with van der Waals surface area (Å²) in [6.45, 7) is 5.83. The fraction of sp³-hybridized carbons (Fsp3) is 0.364. The molecule has 2 aromatic carbocycles. The van der Waals surface area contributed by atoms with Crippen molar-refractivity contribution < 1.29 is 14.0 Å². The summed E-state index contributed by atoms with van der Waals surface area (Å²) in [4.78, 5) is 24.1. The van der Waals surface area contributed by atoms with Crippen molar-refractivity contribution in [2.75, 3.05) is 0 Å². The molecule has 5 nitrogen and oxygen atoms in total. The van der Waals surface area contributed by atoms with E-state index in [9.17, 15) is 14.0 Å². The zero-order valence-corrected chi connectivity index (χ0v) is 17.4. The Kier molecular flexibility index (Phi) is 6.55. The topological polar surface area (TPSA) is 70.2 Å². The number of rotatable bonds is 5. The van der Waals surface area contributed by atoms with Gasteiger partial charge in [0.05, 0.1) is 0 Å². The minimum absolute atomic E-state index is 0.0412. The number of amides is 2. The van der Waals surface area contributed by atoms with Crippen molar-refractivity contribution in [3.8, 4) is 0 Å². The molecule has 29 heavy (non-hydrogen) atoms. The van der Waals surface area contributed by atoms with E-state index in [0.717, 1.165) is 11.1 Å². The van der Waals surface area contributed by atoms with Gasteiger partial charge in [-0.15, -0.1) is 0 Å². The Labute approximate surface area is 175 Å². The smallest absolute Gasteiger partial charge is 0.223 e. The quantitative estimate of drug-likeness (QED) is 0.690. The molecule has 2 unspecified atom stereocenters. The summed E-state index contributed by atoms with van der Waals surface area (Å²) >= 11 is 6.38. The van der Waals surface area contributed by atoms with Gasteiger partial charge in [-0.1, -0.05) is 43.6 Å². The molecule has 1 aliphatic heterocycles. The summed E-state index contributed by atoms with van der Waals surface area (Å²) in [7, 11) is 0. The first-order valence-corrected chi connectivity index (χ1v) is 10.00. The fourth-order valence-corrected chi connectivity index (χ4v) is 3.53. The van der Waals surface area contributed by atoms with Gasteiger partial charge in [0, 0.05) is 41.1 Å². The molecular weight excluding hydrogens is 393 g/mol. The van der Waals surface area contributed by atoms with Crippen molar-refractivity contribution >= 4 is 23.4 Å². The van der Waals surface area contributed by atoms with Gasteiger partial charge in [-0.25, -0.2) is 4.39 Å². The average molecular weight is 418 g/mol. The molecular formula is C22H25ClFN3O2. The zero-order valence-electron chi connectivity index (χ0n) is 16.7. The third-order valence-corrected chi connectivity index (χ3v) is 5.30. The number of hydrogen-bond acceptors (Lipinski definition) is 3. The number of aryl methyl sites for hydroxylation is 1. The molecule has 3 N–H and O–H groups in total. The van der Waals surface area contributed by atoms with Gasteiger partial charge in [-0.2, -0.15) is 0 Å². The SMILES string of the molecule is Cc1ccc(C2CC(=O)NC(c3cc(CNC(=O)C(C)C)ccc3Cl)N2)c(F)c1. The summed E-state index contributed by atoms with van der Waals surface area (Å²) in [5.74, 6) is -0.674. The van der Waals surface area contributed by atoms with Crippen LogP contribution in [0.5, 0.6) is 0 Å². The Bertz CT molecular complexity index is 932. The van der Waals surface area contributed by atoms with Crippen molar-refractivity contribution in [1.82, 2.24) is 16.0 Å². The predicted molar refractivity (Wildman–Crippen MR) is 111 cm³/mol. The second-order valence-corrected chi connectivity index (χ2v) is 8.08. The third-order valence-electron chi connectivity index (χ3n) is 4.96. The van der Waals surface area contributed by atoms with Crippen LogP contribution in [0.15, 0.2) is 36.4 Å². The van der Waals surface area contributed by atoms with E-state index in [0.29, 0.717) is 22.7 Å². The Morgan fingerprint density at radius 3 is 2.69 bits per heavy atom. The second kappa shape index (κ2) is 8.93. The van der Waals surface area contributed by atoms with Crippen LogP contribution in [0.3, 0.4) is 0 Å². The van der Waals surface area contributed by atoms with E-state index in [4.69, 9.17) is 11.6 Å². The van der Waals surface area contributed by atoms with Crippen LogP contribution >= 0.6 is 11.6 Å². The van der Waals surface area contributed by atoms with Gasteiger partial charge < -0.3 is 10.6 Å². The summed E-state index contributed by atoms with van der Waals surface area (Å²) < 4.78 is 14.4. The molecule has 0 saturated carbocycles. The minimum atomic E-state index is -0.560. The van der Waals surface area contributed by atoms with Crippen molar-refractivity contribution in [3.63, 3.8) is 0 Å². The van der Waals surface area contributed by atoms with Gasteiger partial charge >= 0.3 is 0 Å². The number of benzene rings is 2. The van der Waals surface area contributed by atoms with E-state index in [1.165, 1.54) is 6.07 Å². The standard InChI is InChI=1S/C22H25ClFN3O2/c1-12(2)22(29)25-11-14-5-7-17(23)16(9-14)21-26-19(10-20(28)27-21)15-6-4-13(3)8-18(15)24/h4-9,12,19,21,26H,10-11H2,1-3H3,(H,25,29)(H,27,28). The molecule has 0 bridgehead atoms. The lowest BCUT2D eigenvalue weighted by molar-refractivity contribution is -0.125. The van der Waals surface area contributed by atoms with Crippen LogP contribution in [0.4, 0.5) is 4.39 Å². The van der Waals surface area contributed by atoms with Gasteiger partial charge in [0.1, 0.15) is 12.0 Å². The Morgan fingerprint density at radius 1 is 1.24 bits per heavy atom. The monoisotopic (exact) mass is 417 g/mol. The average Bonchev–Trinajstić information content (AvgIpc) is 2.66. The van der Waals surface area contributed by atoms with Crippen molar-refractivity contribution in [2.45, 2.75) is 45.9 Å². The zero-order chi connectivity index (χ0) is 21.1. The number of hydrogen-bond donors (Lipinski definition) is 3. The lowest BCUT2D eigenvalue weighted by Gasteiger charge is -2.33.